The smallest absolute Gasteiger partial charge is 0.319 e. The minimum Gasteiger partial charge on any atom is -0.327 e. The Morgan fingerprint density at radius 3 is 2.60 bits per heavy atom. The van der Waals surface area contributed by atoms with E-state index in [1.165, 1.54) is 0 Å². The first-order valence-electron chi connectivity index (χ1n) is 7.54. The molecular weight excluding hydrogens is 406 g/mol. The largest absolute Gasteiger partial charge is 0.327 e. The van der Waals surface area contributed by atoms with Crippen molar-refractivity contribution in [1.82, 2.24) is 10.6 Å². The molecule has 0 bridgehead atoms. The summed E-state index contributed by atoms with van der Waals surface area (Å²) in [7, 11) is 0. The molecule has 128 valence electrons. The predicted octanol–water partition coefficient (Wildman–Crippen LogP) is 4.37. The van der Waals surface area contributed by atoms with E-state index in [2.05, 4.69) is 31.9 Å². The van der Waals surface area contributed by atoms with E-state index in [0.29, 0.717) is 22.0 Å². The van der Waals surface area contributed by atoms with Gasteiger partial charge >= 0.3 is 6.03 Å². The Balaban J connectivity index is 1.94. The van der Waals surface area contributed by atoms with E-state index < -0.39 is 6.04 Å². The number of allylic oxidation sites excluding steroid dienone is 1. The first-order valence-corrected chi connectivity index (χ1v) is 8.72. The summed E-state index contributed by atoms with van der Waals surface area (Å²) < 4.78 is 0.921. The van der Waals surface area contributed by atoms with Crippen molar-refractivity contribution in [2.24, 2.45) is 0 Å². The fourth-order valence-corrected chi connectivity index (χ4v) is 3.13. The van der Waals surface area contributed by atoms with Crippen LogP contribution in [0.1, 0.15) is 18.5 Å². The summed E-state index contributed by atoms with van der Waals surface area (Å²) in [6, 6.07) is 13.4. The van der Waals surface area contributed by atoms with E-state index in [0.717, 1.165) is 10.0 Å². The molecule has 3 rings (SSSR count). The number of hydrogen-bond donors (Lipinski definition) is 3. The first kappa shape index (κ1) is 17.5. The quantitative estimate of drug-likeness (QED) is 0.690. The van der Waals surface area contributed by atoms with E-state index in [1.807, 2.05) is 18.2 Å². The summed E-state index contributed by atoms with van der Waals surface area (Å²) in [6.07, 6.45) is 0. The standard InChI is InChI=1S/C18H15BrClN3O2/c1-10-15(17(24)22-14-7-5-12(19)6-8-14)16(23-18(25)21-10)11-3-2-4-13(20)9-11/h2-9,16H,1H3,(H,22,24)(H2,21,23,25)/t16-/m1/s1. The lowest BCUT2D eigenvalue weighted by atomic mass is 9.95. The fraction of sp³-hybridized carbons (Fsp3) is 0.111. The lowest BCUT2D eigenvalue weighted by Gasteiger charge is -2.28. The van der Waals surface area contributed by atoms with Crippen LogP contribution in [0.3, 0.4) is 0 Å². The monoisotopic (exact) mass is 419 g/mol. The second-order valence-electron chi connectivity index (χ2n) is 5.59. The van der Waals surface area contributed by atoms with Crippen LogP contribution >= 0.6 is 27.5 Å². The summed E-state index contributed by atoms with van der Waals surface area (Å²) in [5.41, 5.74) is 2.34. The predicted molar refractivity (Wildman–Crippen MR) is 101 cm³/mol. The number of halogens is 2. The molecule has 5 nitrogen and oxygen atoms in total. The zero-order valence-corrected chi connectivity index (χ0v) is 15.6. The van der Waals surface area contributed by atoms with Crippen molar-refractivity contribution < 1.29 is 9.59 Å². The number of nitrogens with one attached hydrogen (secondary N) is 3. The molecule has 0 unspecified atom stereocenters. The molecule has 7 heteroatoms. The lowest BCUT2D eigenvalue weighted by molar-refractivity contribution is -0.113. The molecule has 0 radical (unpaired) electrons. The molecule has 2 aromatic rings. The Kier molecular flexibility index (Phi) is 5.11. The van der Waals surface area contributed by atoms with Crippen LogP contribution in [0.4, 0.5) is 10.5 Å². The van der Waals surface area contributed by atoms with Gasteiger partial charge in [-0.15, -0.1) is 0 Å². The van der Waals surface area contributed by atoms with Crippen LogP contribution in [-0.2, 0) is 4.79 Å². The van der Waals surface area contributed by atoms with Gasteiger partial charge in [0.1, 0.15) is 0 Å². The van der Waals surface area contributed by atoms with Crippen LogP contribution in [0, 0.1) is 0 Å². The summed E-state index contributed by atoms with van der Waals surface area (Å²) in [6.45, 7) is 1.70. The molecule has 2 aromatic carbocycles. The van der Waals surface area contributed by atoms with Crippen molar-refractivity contribution in [3.8, 4) is 0 Å². The van der Waals surface area contributed by atoms with Gasteiger partial charge in [0, 0.05) is 20.9 Å². The topological polar surface area (TPSA) is 70.2 Å². The SMILES string of the molecule is CC1=C(C(=O)Nc2ccc(Br)cc2)[C@@H](c2cccc(Cl)c2)NC(=O)N1. The van der Waals surface area contributed by atoms with Crippen LogP contribution in [0.5, 0.6) is 0 Å². The van der Waals surface area contributed by atoms with E-state index in [9.17, 15) is 9.59 Å². The molecule has 0 spiro atoms. The van der Waals surface area contributed by atoms with Gasteiger partial charge in [-0.3, -0.25) is 4.79 Å². The highest BCUT2D eigenvalue weighted by atomic mass is 79.9. The molecule has 1 aliphatic rings. The Hall–Kier alpha value is -2.31. The van der Waals surface area contributed by atoms with E-state index >= 15 is 0 Å². The van der Waals surface area contributed by atoms with Gasteiger partial charge in [0.15, 0.2) is 0 Å². The highest BCUT2D eigenvalue weighted by Gasteiger charge is 2.31. The molecule has 3 amide bonds. The first-order chi connectivity index (χ1) is 11.9. The highest BCUT2D eigenvalue weighted by molar-refractivity contribution is 9.10. The normalized spacial score (nSPS) is 16.9. The summed E-state index contributed by atoms with van der Waals surface area (Å²) in [4.78, 5) is 24.7. The Morgan fingerprint density at radius 1 is 1.20 bits per heavy atom. The zero-order valence-electron chi connectivity index (χ0n) is 13.3. The molecule has 1 aliphatic heterocycles. The van der Waals surface area contributed by atoms with Crippen molar-refractivity contribution >= 4 is 45.2 Å². The van der Waals surface area contributed by atoms with Gasteiger partial charge < -0.3 is 16.0 Å². The molecule has 0 saturated carbocycles. The van der Waals surface area contributed by atoms with E-state index in [4.69, 9.17) is 11.6 Å². The molecule has 0 fully saturated rings. The van der Waals surface area contributed by atoms with Gasteiger partial charge in [0.2, 0.25) is 0 Å². The van der Waals surface area contributed by atoms with Gasteiger partial charge in [0.25, 0.3) is 5.91 Å². The minimum absolute atomic E-state index is 0.294. The third kappa shape index (κ3) is 4.03. The van der Waals surface area contributed by atoms with Crippen molar-refractivity contribution in [2.75, 3.05) is 5.32 Å². The molecule has 1 atom stereocenters. The van der Waals surface area contributed by atoms with Gasteiger partial charge in [-0.25, -0.2) is 4.79 Å². The third-order valence-electron chi connectivity index (χ3n) is 3.80. The molecule has 25 heavy (non-hydrogen) atoms. The number of amides is 3. The Labute approximate surface area is 158 Å². The van der Waals surface area contributed by atoms with Crippen LogP contribution in [0.25, 0.3) is 0 Å². The Bertz CT molecular complexity index is 865. The number of benzene rings is 2. The average molecular weight is 421 g/mol. The lowest BCUT2D eigenvalue weighted by Crippen LogP contribution is -2.45. The Morgan fingerprint density at radius 2 is 1.92 bits per heavy atom. The molecule has 0 aromatic heterocycles. The fourth-order valence-electron chi connectivity index (χ4n) is 2.66. The third-order valence-corrected chi connectivity index (χ3v) is 4.56. The maximum absolute atomic E-state index is 12.8. The van der Waals surface area contributed by atoms with Gasteiger partial charge in [-0.05, 0) is 48.9 Å². The number of urea groups is 1. The number of hydrogen-bond acceptors (Lipinski definition) is 2. The van der Waals surface area contributed by atoms with Crippen molar-refractivity contribution in [2.45, 2.75) is 13.0 Å². The number of carbonyl (C=O) groups excluding carboxylic acids is 2. The second kappa shape index (κ2) is 7.29. The van der Waals surface area contributed by atoms with Crippen molar-refractivity contribution in [3.05, 3.63) is 74.9 Å². The van der Waals surface area contributed by atoms with Crippen molar-refractivity contribution in [3.63, 3.8) is 0 Å². The average Bonchev–Trinajstić information content (AvgIpc) is 2.56. The van der Waals surface area contributed by atoms with Crippen LogP contribution in [-0.4, -0.2) is 11.9 Å². The molecule has 1 heterocycles. The van der Waals surface area contributed by atoms with E-state index in [-0.39, 0.29) is 11.9 Å². The molecule has 3 N–H and O–H groups in total. The molecule has 0 aliphatic carbocycles. The second-order valence-corrected chi connectivity index (χ2v) is 6.94. The van der Waals surface area contributed by atoms with Crippen molar-refractivity contribution in [1.29, 1.82) is 0 Å². The van der Waals surface area contributed by atoms with Crippen LogP contribution in [0.15, 0.2) is 64.3 Å². The summed E-state index contributed by atoms with van der Waals surface area (Å²) in [5.74, 6) is -0.294. The maximum atomic E-state index is 12.8. The van der Waals surface area contributed by atoms with E-state index in [1.54, 1.807) is 37.3 Å². The van der Waals surface area contributed by atoms with Gasteiger partial charge in [-0.1, -0.05) is 39.7 Å². The number of carbonyl (C=O) groups is 2. The summed E-state index contributed by atoms with van der Waals surface area (Å²) in [5, 5.41) is 8.82. The van der Waals surface area contributed by atoms with Crippen LogP contribution in [0.2, 0.25) is 5.02 Å². The summed E-state index contributed by atoms with van der Waals surface area (Å²) >= 11 is 9.42. The highest BCUT2D eigenvalue weighted by Crippen LogP contribution is 2.29. The number of anilines is 1. The molecular formula is C18H15BrClN3O2. The van der Waals surface area contributed by atoms with Gasteiger partial charge in [-0.2, -0.15) is 0 Å². The minimum atomic E-state index is -0.581. The van der Waals surface area contributed by atoms with Gasteiger partial charge in [0.05, 0.1) is 11.6 Å². The number of rotatable bonds is 3. The molecule has 0 saturated heterocycles. The maximum Gasteiger partial charge on any atom is 0.319 e. The van der Waals surface area contributed by atoms with Crippen LogP contribution < -0.4 is 16.0 Å². The zero-order chi connectivity index (χ0) is 18.0.